The Morgan fingerprint density at radius 2 is 1.76 bits per heavy atom. The van der Waals surface area contributed by atoms with Crippen molar-refractivity contribution < 1.29 is 14.3 Å². The molecule has 2 aromatic carbocycles. The number of hydrogen-bond acceptors (Lipinski definition) is 4. The number of benzene rings is 2. The number of fused-ring (bicyclic) bond motifs is 1. The molecule has 1 heterocycles. The number of nitrogens with one attached hydrogen (secondary N) is 1. The Kier molecular flexibility index (Phi) is 5.11. The lowest BCUT2D eigenvalue weighted by Crippen LogP contribution is -2.32. The molecule has 0 aliphatic heterocycles. The maximum absolute atomic E-state index is 12.9. The van der Waals surface area contributed by atoms with Crippen molar-refractivity contribution in [3.63, 3.8) is 0 Å². The Bertz CT molecular complexity index is 1160. The number of halogens is 1. The van der Waals surface area contributed by atoms with Gasteiger partial charge in [0, 0.05) is 29.1 Å². The van der Waals surface area contributed by atoms with Crippen molar-refractivity contribution >= 4 is 34.2 Å². The number of rotatable bonds is 5. The van der Waals surface area contributed by atoms with E-state index in [0.29, 0.717) is 21.4 Å². The second-order valence-corrected chi connectivity index (χ2v) is 7.49. The highest BCUT2D eigenvalue weighted by Gasteiger charge is 2.26. The molecule has 1 aliphatic carbocycles. The second kappa shape index (κ2) is 7.72. The van der Waals surface area contributed by atoms with Gasteiger partial charge in [-0.1, -0.05) is 41.9 Å². The summed E-state index contributed by atoms with van der Waals surface area (Å²) in [5, 5.41) is 4.45. The summed E-state index contributed by atoms with van der Waals surface area (Å²) >= 11 is 6.02. The second-order valence-electron chi connectivity index (χ2n) is 7.06. The summed E-state index contributed by atoms with van der Waals surface area (Å²) in [5.41, 5.74) is 1.06. The normalized spacial score (nSPS) is 13.3. The van der Waals surface area contributed by atoms with Crippen LogP contribution in [0.25, 0.3) is 21.9 Å². The SMILES string of the molecule is Cn1c(C(=O)OCC(=O)NC2CC2)c(-c2ccc(Cl)cc2)c2ccccc2c1=O. The van der Waals surface area contributed by atoms with Crippen LogP contribution in [-0.2, 0) is 16.6 Å². The zero-order chi connectivity index (χ0) is 20.5. The largest absolute Gasteiger partial charge is 0.451 e. The molecule has 0 bridgehead atoms. The molecule has 1 amide bonds. The van der Waals surface area contributed by atoms with Crippen LogP contribution in [-0.4, -0.2) is 29.1 Å². The third kappa shape index (κ3) is 3.89. The van der Waals surface area contributed by atoms with Gasteiger partial charge in [0.25, 0.3) is 11.5 Å². The van der Waals surface area contributed by atoms with E-state index in [-0.39, 0.29) is 23.2 Å². The topological polar surface area (TPSA) is 77.4 Å². The lowest BCUT2D eigenvalue weighted by atomic mass is 9.97. The zero-order valence-electron chi connectivity index (χ0n) is 15.8. The Hall–Kier alpha value is -3.12. The molecule has 1 aromatic heterocycles. The van der Waals surface area contributed by atoms with Gasteiger partial charge < -0.3 is 14.6 Å². The number of carbonyl (C=O) groups is 2. The molecule has 1 fully saturated rings. The van der Waals surface area contributed by atoms with Crippen molar-refractivity contribution in [1.82, 2.24) is 9.88 Å². The number of pyridine rings is 1. The standard InChI is InChI=1S/C22H19ClN2O4/c1-25-20(22(28)29-12-18(26)24-15-10-11-15)19(13-6-8-14(23)9-7-13)16-4-2-3-5-17(16)21(25)27/h2-9,15H,10-12H2,1H3,(H,24,26). The fourth-order valence-corrected chi connectivity index (χ4v) is 3.44. The average Bonchev–Trinajstić information content (AvgIpc) is 3.53. The first-order valence-electron chi connectivity index (χ1n) is 9.30. The summed E-state index contributed by atoms with van der Waals surface area (Å²) in [6, 6.07) is 14.3. The Morgan fingerprint density at radius 3 is 2.41 bits per heavy atom. The Labute approximate surface area is 172 Å². The fourth-order valence-electron chi connectivity index (χ4n) is 3.31. The van der Waals surface area contributed by atoms with Crippen molar-refractivity contribution in [2.75, 3.05) is 6.61 Å². The maximum atomic E-state index is 12.9. The van der Waals surface area contributed by atoms with Gasteiger partial charge in [-0.25, -0.2) is 4.79 Å². The Morgan fingerprint density at radius 1 is 1.10 bits per heavy atom. The molecule has 0 atom stereocenters. The van der Waals surface area contributed by atoms with Gasteiger partial charge in [-0.05, 0) is 42.0 Å². The number of ether oxygens (including phenoxy) is 1. The van der Waals surface area contributed by atoms with Crippen LogP contribution in [0, 0.1) is 0 Å². The van der Waals surface area contributed by atoms with Gasteiger partial charge in [-0.15, -0.1) is 0 Å². The molecule has 3 aromatic rings. The van der Waals surface area contributed by atoms with Gasteiger partial charge in [0.1, 0.15) is 5.69 Å². The monoisotopic (exact) mass is 410 g/mol. The number of nitrogens with zero attached hydrogens (tertiary/aromatic N) is 1. The third-order valence-electron chi connectivity index (χ3n) is 4.91. The van der Waals surface area contributed by atoms with Crippen LogP contribution in [0.4, 0.5) is 0 Å². The molecule has 148 valence electrons. The van der Waals surface area contributed by atoms with Crippen LogP contribution < -0.4 is 10.9 Å². The van der Waals surface area contributed by atoms with Gasteiger partial charge in [0.15, 0.2) is 6.61 Å². The summed E-state index contributed by atoms with van der Waals surface area (Å²) in [6.07, 6.45) is 1.89. The minimum atomic E-state index is -0.730. The van der Waals surface area contributed by atoms with Crippen molar-refractivity contribution in [2.24, 2.45) is 7.05 Å². The van der Waals surface area contributed by atoms with E-state index in [1.54, 1.807) is 48.5 Å². The van der Waals surface area contributed by atoms with Crippen LogP contribution in [0.3, 0.4) is 0 Å². The van der Waals surface area contributed by atoms with Gasteiger partial charge in [0.05, 0.1) is 0 Å². The van der Waals surface area contributed by atoms with Gasteiger partial charge >= 0.3 is 5.97 Å². The molecule has 7 heteroatoms. The van der Waals surface area contributed by atoms with E-state index >= 15 is 0 Å². The molecule has 0 unspecified atom stereocenters. The smallest absolute Gasteiger partial charge is 0.356 e. The van der Waals surface area contributed by atoms with E-state index in [1.165, 1.54) is 11.6 Å². The molecule has 6 nitrogen and oxygen atoms in total. The molecule has 0 spiro atoms. The first-order chi connectivity index (χ1) is 14.0. The van der Waals surface area contributed by atoms with Crippen LogP contribution in [0.2, 0.25) is 5.02 Å². The maximum Gasteiger partial charge on any atom is 0.356 e. The molecule has 0 radical (unpaired) electrons. The van der Waals surface area contributed by atoms with E-state index in [4.69, 9.17) is 16.3 Å². The summed E-state index contributed by atoms with van der Waals surface area (Å²) in [7, 11) is 1.52. The lowest BCUT2D eigenvalue weighted by Gasteiger charge is -2.16. The number of aromatic nitrogens is 1. The van der Waals surface area contributed by atoms with Crippen LogP contribution >= 0.6 is 11.6 Å². The minimum absolute atomic E-state index is 0.0928. The van der Waals surface area contributed by atoms with Crippen molar-refractivity contribution in [3.05, 3.63) is 69.6 Å². The predicted octanol–water partition coefficient (Wildman–Crippen LogP) is 3.29. The van der Waals surface area contributed by atoms with Gasteiger partial charge in [-0.2, -0.15) is 0 Å². The van der Waals surface area contributed by atoms with Crippen LogP contribution in [0.15, 0.2) is 53.3 Å². The number of esters is 1. The summed E-state index contributed by atoms with van der Waals surface area (Å²) in [4.78, 5) is 37.7. The first kappa shape index (κ1) is 19.2. The average molecular weight is 411 g/mol. The molecular formula is C22H19ClN2O4. The summed E-state index contributed by atoms with van der Waals surface area (Å²) in [6.45, 7) is -0.392. The molecular weight excluding hydrogens is 392 g/mol. The van der Waals surface area contributed by atoms with Crippen molar-refractivity contribution in [3.8, 4) is 11.1 Å². The van der Waals surface area contributed by atoms with E-state index < -0.39 is 12.6 Å². The van der Waals surface area contributed by atoms with E-state index in [2.05, 4.69) is 5.32 Å². The lowest BCUT2D eigenvalue weighted by molar-refractivity contribution is -0.124. The molecule has 1 saturated carbocycles. The van der Waals surface area contributed by atoms with Crippen LogP contribution in [0.1, 0.15) is 23.3 Å². The summed E-state index contributed by atoms with van der Waals surface area (Å²) < 4.78 is 6.52. The number of hydrogen-bond donors (Lipinski definition) is 1. The third-order valence-corrected chi connectivity index (χ3v) is 5.16. The highest BCUT2D eigenvalue weighted by atomic mass is 35.5. The predicted molar refractivity (Wildman–Crippen MR) is 111 cm³/mol. The zero-order valence-corrected chi connectivity index (χ0v) is 16.5. The summed E-state index contributed by atoms with van der Waals surface area (Å²) in [5.74, 6) is -1.08. The van der Waals surface area contributed by atoms with Crippen LogP contribution in [0.5, 0.6) is 0 Å². The highest BCUT2D eigenvalue weighted by Crippen LogP contribution is 2.31. The van der Waals surface area contributed by atoms with E-state index in [9.17, 15) is 14.4 Å². The molecule has 0 saturated heterocycles. The van der Waals surface area contributed by atoms with E-state index in [1.807, 2.05) is 0 Å². The molecule has 1 N–H and O–H groups in total. The molecule has 1 aliphatic rings. The fraction of sp³-hybridized carbons (Fsp3) is 0.227. The van der Waals surface area contributed by atoms with E-state index in [0.717, 1.165) is 18.4 Å². The first-order valence-corrected chi connectivity index (χ1v) is 9.67. The van der Waals surface area contributed by atoms with Gasteiger partial charge in [-0.3, -0.25) is 9.59 Å². The van der Waals surface area contributed by atoms with Crippen molar-refractivity contribution in [2.45, 2.75) is 18.9 Å². The molecule has 29 heavy (non-hydrogen) atoms. The molecule has 4 rings (SSSR count). The number of amides is 1. The Balaban J connectivity index is 1.80. The van der Waals surface area contributed by atoms with Gasteiger partial charge in [0.2, 0.25) is 0 Å². The van der Waals surface area contributed by atoms with Crippen molar-refractivity contribution in [1.29, 1.82) is 0 Å². The highest BCUT2D eigenvalue weighted by molar-refractivity contribution is 6.30. The quantitative estimate of drug-likeness (QED) is 0.655. The minimum Gasteiger partial charge on any atom is -0.451 e. The number of carbonyl (C=O) groups excluding carboxylic acids is 2.